The number of carbonyl (C=O) groups is 1. The molecule has 0 atom stereocenters. The summed E-state index contributed by atoms with van der Waals surface area (Å²) in [6.45, 7) is 3.19. The summed E-state index contributed by atoms with van der Waals surface area (Å²) in [5, 5.41) is 0. The van der Waals surface area contributed by atoms with Crippen molar-refractivity contribution in [2.24, 2.45) is 5.92 Å². The van der Waals surface area contributed by atoms with E-state index < -0.39 is 0 Å². The van der Waals surface area contributed by atoms with Gasteiger partial charge in [0.25, 0.3) is 0 Å². The van der Waals surface area contributed by atoms with Gasteiger partial charge < -0.3 is 9.47 Å². The number of benzene rings is 1. The second-order valence-corrected chi connectivity index (χ2v) is 5.70. The molecule has 1 fully saturated rings. The average molecular weight is 327 g/mol. The first kappa shape index (κ1) is 14.4. The van der Waals surface area contributed by atoms with E-state index in [-0.39, 0.29) is 0 Å². The molecule has 0 N–H and O–H groups in total. The van der Waals surface area contributed by atoms with Crippen LogP contribution in [-0.2, 0) is 0 Å². The minimum atomic E-state index is 0.550. The highest BCUT2D eigenvalue weighted by atomic mass is 79.9. The van der Waals surface area contributed by atoms with Gasteiger partial charge in [-0.3, -0.25) is 4.79 Å². The zero-order chi connectivity index (χ0) is 13.7. The Morgan fingerprint density at radius 1 is 1.32 bits per heavy atom. The lowest BCUT2D eigenvalue weighted by Gasteiger charge is -2.16. The summed E-state index contributed by atoms with van der Waals surface area (Å²) in [6, 6.07) is 3.49. The highest BCUT2D eigenvalue weighted by Crippen LogP contribution is 2.37. The lowest BCUT2D eigenvalue weighted by Crippen LogP contribution is -2.09. The van der Waals surface area contributed by atoms with Crippen LogP contribution in [0.2, 0.25) is 0 Å². The largest absolute Gasteiger partial charge is 0.490 e. The average Bonchev–Trinajstić information content (AvgIpc) is 2.91. The molecule has 1 aromatic rings. The smallest absolute Gasteiger partial charge is 0.175 e. The molecule has 0 heterocycles. The quantitative estimate of drug-likeness (QED) is 0.734. The van der Waals surface area contributed by atoms with Gasteiger partial charge in [-0.1, -0.05) is 12.8 Å². The van der Waals surface area contributed by atoms with E-state index in [9.17, 15) is 4.79 Å². The number of carbonyl (C=O) groups excluding carboxylic acids is 1. The molecule has 1 aromatic carbocycles. The standard InChI is InChI=1S/C15H19BrO3/c1-2-18-14-8-12(9-17)7-13(16)15(14)19-10-11-5-3-4-6-11/h7-9,11H,2-6,10H2,1H3. The Morgan fingerprint density at radius 2 is 2.05 bits per heavy atom. The van der Waals surface area contributed by atoms with E-state index in [0.29, 0.717) is 29.6 Å². The molecule has 0 saturated heterocycles. The van der Waals surface area contributed by atoms with Gasteiger partial charge in [-0.05, 0) is 53.7 Å². The molecular weight excluding hydrogens is 308 g/mol. The maximum absolute atomic E-state index is 10.9. The van der Waals surface area contributed by atoms with E-state index in [0.717, 1.165) is 17.4 Å². The van der Waals surface area contributed by atoms with Crippen molar-refractivity contribution < 1.29 is 14.3 Å². The predicted molar refractivity (Wildman–Crippen MR) is 78.2 cm³/mol. The van der Waals surface area contributed by atoms with Crippen LogP contribution in [0.1, 0.15) is 43.0 Å². The lowest BCUT2D eigenvalue weighted by atomic mass is 10.1. The fraction of sp³-hybridized carbons (Fsp3) is 0.533. The SMILES string of the molecule is CCOc1cc(C=O)cc(Br)c1OCC1CCCC1. The third-order valence-electron chi connectivity index (χ3n) is 3.41. The minimum Gasteiger partial charge on any atom is -0.490 e. The molecule has 104 valence electrons. The Kier molecular flexibility index (Phi) is 5.25. The van der Waals surface area contributed by atoms with Gasteiger partial charge in [0, 0.05) is 5.56 Å². The van der Waals surface area contributed by atoms with Crippen LogP contribution in [0.15, 0.2) is 16.6 Å². The molecule has 0 aromatic heterocycles. The zero-order valence-corrected chi connectivity index (χ0v) is 12.7. The van der Waals surface area contributed by atoms with Crippen molar-refractivity contribution in [3.8, 4) is 11.5 Å². The summed E-state index contributed by atoms with van der Waals surface area (Å²) in [5.74, 6) is 1.99. The van der Waals surface area contributed by atoms with Crippen molar-refractivity contribution >= 4 is 22.2 Å². The molecular formula is C15H19BrO3. The van der Waals surface area contributed by atoms with E-state index in [1.54, 1.807) is 12.1 Å². The summed E-state index contributed by atoms with van der Waals surface area (Å²) in [6.07, 6.45) is 5.91. The van der Waals surface area contributed by atoms with Crippen molar-refractivity contribution in [1.82, 2.24) is 0 Å². The second kappa shape index (κ2) is 6.94. The first-order chi connectivity index (χ1) is 9.24. The Morgan fingerprint density at radius 3 is 2.68 bits per heavy atom. The topological polar surface area (TPSA) is 35.5 Å². The van der Waals surface area contributed by atoms with E-state index in [2.05, 4.69) is 15.9 Å². The van der Waals surface area contributed by atoms with Crippen LogP contribution in [0.5, 0.6) is 11.5 Å². The van der Waals surface area contributed by atoms with Crippen molar-refractivity contribution in [2.75, 3.05) is 13.2 Å². The lowest BCUT2D eigenvalue weighted by molar-refractivity contribution is 0.112. The van der Waals surface area contributed by atoms with Crippen molar-refractivity contribution in [2.45, 2.75) is 32.6 Å². The van der Waals surface area contributed by atoms with Crippen LogP contribution < -0.4 is 9.47 Å². The molecule has 3 nitrogen and oxygen atoms in total. The van der Waals surface area contributed by atoms with Crippen LogP contribution in [-0.4, -0.2) is 19.5 Å². The first-order valence-electron chi connectivity index (χ1n) is 6.79. The number of halogens is 1. The molecule has 0 amide bonds. The van der Waals surface area contributed by atoms with Crippen LogP contribution in [0.25, 0.3) is 0 Å². The van der Waals surface area contributed by atoms with Crippen molar-refractivity contribution in [3.63, 3.8) is 0 Å². The maximum atomic E-state index is 10.9. The maximum Gasteiger partial charge on any atom is 0.175 e. The molecule has 1 aliphatic rings. The van der Waals surface area contributed by atoms with Gasteiger partial charge in [-0.15, -0.1) is 0 Å². The zero-order valence-electron chi connectivity index (χ0n) is 11.2. The molecule has 0 bridgehead atoms. The van der Waals surface area contributed by atoms with Crippen LogP contribution >= 0.6 is 15.9 Å². The van der Waals surface area contributed by atoms with Gasteiger partial charge in [0.05, 0.1) is 17.7 Å². The Balaban J connectivity index is 2.14. The van der Waals surface area contributed by atoms with E-state index >= 15 is 0 Å². The Bertz CT molecular complexity index is 439. The van der Waals surface area contributed by atoms with Crippen molar-refractivity contribution in [1.29, 1.82) is 0 Å². The molecule has 0 radical (unpaired) electrons. The monoisotopic (exact) mass is 326 g/mol. The van der Waals surface area contributed by atoms with E-state index in [1.165, 1.54) is 25.7 Å². The van der Waals surface area contributed by atoms with Gasteiger partial charge in [0.15, 0.2) is 11.5 Å². The van der Waals surface area contributed by atoms with Gasteiger partial charge in [0.2, 0.25) is 0 Å². The molecule has 4 heteroatoms. The number of hydrogen-bond acceptors (Lipinski definition) is 3. The third kappa shape index (κ3) is 3.72. The number of rotatable bonds is 6. The number of aldehydes is 1. The molecule has 0 spiro atoms. The normalized spacial score (nSPS) is 15.5. The summed E-state index contributed by atoms with van der Waals surface area (Å²) >= 11 is 3.45. The summed E-state index contributed by atoms with van der Waals surface area (Å²) in [5.41, 5.74) is 0.587. The van der Waals surface area contributed by atoms with Gasteiger partial charge in [0.1, 0.15) is 6.29 Å². The minimum absolute atomic E-state index is 0.550. The first-order valence-corrected chi connectivity index (χ1v) is 7.58. The van der Waals surface area contributed by atoms with E-state index in [4.69, 9.17) is 9.47 Å². The Hall–Kier alpha value is -1.03. The molecule has 0 aliphatic heterocycles. The highest BCUT2D eigenvalue weighted by molar-refractivity contribution is 9.10. The molecule has 1 saturated carbocycles. The number of hydrogen-bond donors (Lipinski definition) is 0. The molecule has 2 rings (SSSR count). The summed E-state index contributed by atoms with van der Waals surface area (Å²) in [4.78, 5) is 10.9. The number of ether oxygens (including phenoxy) is 2. The van der Waals surface area contributed by atoms with E-state index in [1.807, 2.05) is 6.92 Å². The second-order valence-electron chi connectivity index (χ2n) is 4.84. The third-order valence-corrected chi connectivity index (χ3v) is 3.99. The summed E-state index contributed by atoms with van der Waals surface area (Å²) in [7, 11) is 0. The van der Waals surface area contributed by atoms with Gasteiger partial charge >= 0.3 is 0 Å². The predicted octanol–water partition coefficient (Wildman–Crippen LogP) is 4.23. The van der Waals surface area contributed by atoms with Crippen LogP contribution in [0, 0.1) is 5.92 Å². The molecule has 0 unspecified atom stereocenters. The fourth-order valence-electron chi connectivity index (χ4n) is 2.44. The molecule has 19 heavy (non-hydrogen) atoms. The van der Waals surface area contributed by atoms with Gasteiger partial charge in [-0.25, -0.2) is 0 Å². The van der Waals surface area contributed by atoms with Crippen molar-refractivity contribution in [3.05, 3.63) is 22.2 Å². The van der Waals surface area contributed by atoms with Crippen LogP contribution in [0.3, 0.4) is 0 Å². The van der Waals surface area contributed by atoms with Gasteiger partial charge in [-0.2, -0.15) is 0 Å². The molecule has 1 aliphatic carbocycles. The fourth-order valence-corrected chi connectivity index (χ4v) is 3.01. The Labute approximate surface area is 122 Å². The summed E-state index contributed by atoms with van der Waals surface area (Å²) < 4.78 is 12.3. The van der Waals surface area contributed by atoms with Crippen LogP contribution in [0.4, 0.5) is 0 Å². The highest BCUT2D eigenvalue weighted by Gasteiger charge is 2.18.